The first-order valence-corrected chi connectivity index (χ1v) is 6.37. The lowest BCUT2D eigenvalue weighted by molar-refractivity contribution is -0.0501. The van der Waals surface area contributed by atoms with Gasteiger partial charge in [0.05, 0.1) is 6.61 Å². The first kappa shape index (κ1) is 13.9. The smallest absolute Gasteiger partial charge is 0.207 e. The van der Waals surface area contributed by atoms with E-state index in [4.69, 9.17) is 10.5 Å². The first-order chi connectivity index (χ1) is 10.1. The summed E-state index contributed by atoms with van der Waals surface area (Å²) < 4.78 is 6.98. The number of aliphatic hydroxyl groups is 3. The Balaban J connectivity index is 2.14. The lowest BCUT2D eigenvalue weighted by atomic mass is 10.1. The van der Waals surface area contributed by atoms with Crippen molar-refractivity contribution >= 4 is 22.9 Å². The number of ether oxygens (including phenoxy) is 1. The zero-order valence-electron chi connectivity index (χ0n) is 11.2. The van der Waals surface area contributed by atoms with Gasteiger partial charge in [-0.1, -0.05) is 0 Å². The van der Waals surface area contributed by atoms with Crippen molar-refractivity contribution in [3.8, 4) is 0 Å². The third-order valence-electron chi connectivity index (χ3n) is 3.50. The van der Waals surface area contributed by atoms with Crippen molar-refractivity contribution in [3.63, 3.8) is 0 Å². The van der Waals surface area contributed by atoms with Crippen molar-refractivity contribution in [1.82, 2.24) is 19.5 Å². The van der Waals surface area contributed by atoms with Crippen LogP contribution >= 0.6 is 0 Å². The van der Waals surface area contributed by atoms with Crippen LogP contribution in [0.25, 0.3) is 11.2 Å². The van der Waals surface area contributed by atoms with Gasteiger partial charge in [-0.15, -0.1) is 0 Å². The van der Waals surface area contributed by atoms with Gasteiger partial charge in [-0.25, -0.2) is 15.0 Å². The van der Waals surface area contributed by atoms with Gasteiger partial charge in [-0.2, -0.15) is 0 Å². The van der Waals surface area contributed by atoms with Gasteiger partial charge >= 0.3 is 0 Å². The van der Waals surface area contributed by atoms with E-state index in [0.717, 1.165) is 0 Å². The summed E-state index contributed by atoms with van der Waals surface area (Å²) in [6.07, 6.45) is -2.99. The minimum atomic E-state index is -1.23. The highest BCUT2D eigenvalue weighted by molar-refractivity contribution is 5.84. The third kappa shape index (κ3) is 2.00. The summed E-state index contributed by atoms with van der Waals surface area (Å²) in [5, 5.41) is 32.0. The Bertz CT molecular complexity index is 661. The van der Waals surface area contributed by atoms with E-state index >= 15 is 0 Å². The van der Waals surface area contributed by atoms with Crippen molar-refractivity contribution in [3.05, 3.63) is 6.33 Å². The van der Waals surface area contributed by atoms with E-state index in [2.05, 4.69) is 20.3 Å². The molecule has 4 atom stereocenters. The van der Waals surface area contributed by atoms with Crippen LogP contribution in [0.5, 0.6) is 0 Å². The van der Waals surface area contributed by atoms with E-state index in [1.807, 2.05) is 0 Å². The SMILES string of the molecule is CNc1nc2c(N)ncnc2n1[C@@H]1O[C@H](CO)[C@@H](O)[C@@H]1O. The summed E-state index contributed by atoms with van der Waals surface area (Å²) in [7, 11) is 1.64. The van der Waals surface area contributed by atoms with Gasteiger partial charge in [-0.3, -0.25) is 4.57 Å². The Morgan fingerprint density at radius 1 is 1.38 bits per heavy atom. The van der Waals surface area contributed by atoms with Crippen molar-refractivity contribution < 1.29 is 20.1 Å². The Kier molecular flexibility index (Phi) is 3.37. The molecule has 0 saturated carbocycles. The second-order valence-corrected chi connectivity index (χ2v) is 4.72. The minimum Gasteiger partial charge on any atom is -0.394 e. The number of hydrogen-bond acceptors (Lipinski definition) is 9. The minimum absolute atomic E-state index is 0.196. The molecule has 0 aromatic carbocycles. The quantitative estimate of drug-likeness (QED) is 0.435. The number of nitrogens with zero attached hydrogens (tertiary/aromatic N) is 4. The molecule has 10 heteroatoms. The van der Waals surface area contributed by atoms with E-state index in [-0.39, 0.29) is 5.82 Å². The summed E-state index contributed by atoms with van der Waals surface area (Å²) in [5.41, 5.74) is 6.48. The molecule has 2 aromatic rings. The highest BCUT2D eigenvalue weighted by Crippen LogP contribution is 2.34. The highest BCUT2D eigenvalue weighted by Gasteiger charge is 2.44. The molecule has 0 radical (unpaired) electrons. The Morgan fingerprint density at radius 3 is 2.76 bits per heavy atom. The lowest BCUT2D eigenvalue weighted by Gasteiger charge is -2.18. The Labute approximate surface area is 119 Å². The van der Waals surface area contributed by atoms with Gasteiger partial charge in [0.2, 0.25) is 5.95 Å². The number of rotatable bonds is 3. The molecule has 6 N–H and O–H groups in total. The molecule has 0 amide bonds. The topological polar surface area (TPSA) is 152 Å². The largest absolute Gasteiger partial charge is 0.394 e. The van der Waals surface area contributed by atoms with Crippen LogP contribution < -0.4 is 11.1 Å². The summed E-state index contributed by atoms with van der Waals surface area (Å²) in [6, 6.07) is 0. The van der Waals surface area contributed by atoms with Crippen LogP contribution in [0.4, 0.5) is 11.8 Å². The number of nitrogens with one attached hydrogen (secondary N) is 1. The fourth-order valence-corrected chi connectivity index (χ4v) is 2.44. The van der Waals surface area contributed by atoms with Crippen LogP contribution in [0.1, 0.15) is 6.23 Å². The predicted molar refractivity (Wildman–Crippen MR) is 72.3 cm³/mol. The molecule has 0 spiro atoms. The Hall–Kier alpha value is -2.01. The van der Waals surface area contributed by atoms with E-state index in [1.165, 1.54) is 10.9 Å². The maximum atomic E-state index is 10.1. The molecule has 114 valence electrons. The van der Waals surface area contributed by atoms with Crippen LogP contribution in [-0.4, -0.2) is 66.8 Å². The van der Waals surface area contributed by atoms with E-state index < -0.39 is 31.1 Å². The molecule has 1 aliphatic heterocycles. The van der Waals surface area contributed by atoms with Crippen LogP contribution in [0.2, 0.25) is 0 Å². The van der Waals surface area contributed by atoms with Gasteiger partial charge in [0.15, 0.2) is 23.2 Å². The highest BCUT2D eigenvalue weighted by atomic mass is 16.6. The van der Waals surface area contributed by atoms with E-state index in [9.17, 15) is 15.3 Å². The third-order valence-corrected chi connectivity index (χ3v) is 3.50. The molecule has 0 aliphatic carbocycles. The molecule has 21 heavy (non-hydrogen) atoms. The Morgan fingerprint density at radius 2 is 2.14 bits per heavy atom. The fourth-order valence-electron chi connectivity index (χ4n) is 2.44. The van der Waals surface area contributed by atoms with Gasteiger partial charge in [0.1, 0.15) is 24.6 Å². The number of imidazole rings is 1. The lowest BCUT2D eigenvalue weighted by Crippen LogP contribution is -2.33. The number of aliphatic hydroxyl groups excluding tert-OH is 3. The van der Waals surface area contributed by atoms with Crippen LogP contribution in [0, 0.1) is 0 Å². The normalized spacial score (nSPS) is 29.1. The van der Waals surface area contributed by atoms with Crippen LogP contribution in [0.15, 0.2) is 6.33 Å². The van der Waals surface area contributed by atoms with Crippen LogP contribution in [0.3, 0.4) is 0 Å². The summed E-state index contributed by atoms with van der Waals surface area (Å²) in [5.74, 6) is 0.550. The standard InChI is InChI=1S/C11H16N6O4/c1-13-11-16-5-8(12)14-3-15-9(5)17(11)10-7(20)6(19)4(2-18)21-10/h3-4,6-7,10,18-20H,2H2,1H3,(H,13,16)(H2,12,14,15)/t4-,6-,7+,10-/m1/s1. The molecule has 10 nitrogen and oxygen atoms in total. The molecule has 1 aliphatic rings. The number of anilines is 2. The molecular formula is C11H16N6O4. The van der Waals surface area contributed by atoms with Crippen LogP contribution in [-0.2, 0) is 4.74 Å². The molecular weight excluding hydrogens is 280 g/mol. The summed E-state index contributed by atoms with van der Waals surface area (Å²) in [4.78, 5) is 12.2. The van der Waals surface area contributed by atoms with E-state index in [0.29, 0.717) is 17.1 Å². The molecule has 3 rings (SSSR count). The van der Waals surface area contributed by atoms with Crippen molar-refractivity contribution in [2.45, 2.75) is 24.5 Å². The molecule has 2 aromatic heterocycles. The van der Waals surface area contributed by atoms with Gasteiger partial charge in [0.25, 0.3) is 0 Å². The number of aromatic nitrogens is 4. The zero-order valence-corrected chi connectivity index (χ0v) is 11.2. The molecule has 1 fully saturated rings. The molecule has 0 bridgehead atoms. The molecule has 0 unspecified atom stereocenters. The van der Waals surface area contributed by atoms with Crippen molar-refractivity contribution in [1.29, 1.82) is 0 Å². The van der Waals surface area contributed by atoms with Crippen molar-refractivity contribution in [2.75, 3.05) is 24.7 Å². The average Bonchev–Trinajstić information content (AvgIpc) is 2.99. The maximum absolute atomic E-state index is 10.1. The second-order valence-electron chi connectivity index (χ2n) is 4.72. The van der Waals surface area contributed by atoms with Gasteiger partial charge in [0, 0.05) is 7.05 Å². The number of hydrogen-bond donors (Lipinski definition) is 5. The average molecular weight is 296 g/mol. The monoisotopic (exact) mass is 296 g/mol. The summed E-state index contributed by atoms with van der Waals surface area (Å²) in [6.45, 7) is -0.409. The van der Waals surface area contributed by atoms with Gasteiger partial charge < -0.3 is 31.1 Å². The predicted octanol–water partition coefficient (Wildman–Crippen LogP) is -1.94. The number of nitrogens with two attached hydrogens (primary N) is 1. The van der Waals surface area contributed by atoms with E-state index in [1.54, 1.807) is 7.05 Å². The maximum Gasteiger partial charge on any atom is 0.207 e. The molecule has 3 heterocycles. The van der Waals surface area contributed by atoms with Crippen molar-refractivity contribution in [2.24, 2.45) is 0 Å². The molecule has 1 saturated heterocycles. The number of fused-ring (bicyclic) bond motifs is 1. The zero-order chi connectivity index (χ0) is 15.1. The second kappa shape index (κ2) is 5.07. The van der Waals surface area contributed by atoms with Gasteiger partial charge in [-0.05, 0) is 0 Å². The number of nitrogen functional groups attached to an aromatic ring is 1. The summed E-state index contributed by atoms with van der Waals surface area (Å²) >= 11 is 0. The first-order valence-electron chi connectivity index (χ1n) is 6.37. The fraction of sp³-hybridized carbons (Fsp3) is 0.545.